The highest BCUT2D eigenvalue weighted by atomic mass is 16.7. The van der Waals surface area contributed by atoms with E-state index in [9.17, 15) is 0 Å². The smallest absolute Gasteiger partial charge is 0.403 e. The van der Waals surface area contributed by atoms with Gasteiger partial charge in [0.2, 0.25) is 0 Å². The summed E-state index contributed by atoms with van der Waals surface area (Å²) in [6.45, 7) is 10.8. The molecule has 0 N–H and O–H groups in total. The molecule has 0 amide bonds. The highest BCUT2D eigenvalue weighted by Crippen LogP contribution is 2.42. The number of hydrogen-bond acceptors (Lipinski definition) is 2. The van der Waals surface area contributed by atoms with Crippen LogP contribution >= 0.6 is 0 Å². The predicted octanol–water partition coefficient (Wildman–Crippen LogP) is 4.88. The van der Waals surface area contributed by atoms with Gasteiger partial charge < -0.3 is 9.31 Å². The highest BCUT2D eigenvalue weighted by molar-refractivity contribution is 6.47. The molecule has 1 fully saturated rings. The molecule has 2 rings (SSSR count). The van der Waals surface area contributed by atoms with Crippen LogP contribution in [0.4, 0.5) is 0 Å². The van der Waals surface area contributed by atoms with Crippen LogP contribution in [-0.2, 0) is 15.7 Å². The Morgan fingerprint density at radius 2 is 1.57 bits per heavy atom. The molecule has 1 atom stereocenters. The summed E-state index contributed by atoms with van der Waals surface area (Å²) >= 11 is 0. The van der Waals surface area contributed by atoms with E-state index in [0.717, 1.165) is 12.8 Å². The summed E-state index contributed by atoms with van der Waals surface area (Å²) in [6.07, 6.45) is 4.62. The van der Waals surface area contributed by atoms with E-state index in [1.54, 1.807) is 0 Å². The lowest BCUT2D eigenvalue weighted by Gasteiger charge is -2.32. The number of benzene rings is 1. The first-order valence-corrected chi connectivity index (χ1v) is 8.25. The van der Waals surface area contributed by atoms with Crippen molar-refractivity contribution < 1.29 is 9.31 Å². The van der Waals surface area contributed by atoms with Gasteiger partial charge in [0, 0.05) is 0 Å². The largest absolute Gasteiger partial charge is 0.461 e. The molecule has 21 heavy (non-hydrogen) atoms. The molecule has 116 valence electrons. The van der Waals surface area contributed by atoms with Crippen molar-refractivity contribution in [2.45, 2.75) is 77.3 Å². The second kappa shape index (κ2) is 6.54. The summed E-state index contributed by atoms with van der Waals surface area (Å²) in [4.78, 5) is 0. The highest BCUT2D eigenvalue weighted by Gasteiger charge is 2.53. The molecule has 1 heterocycles. The zero-order valence-corrected chi connectivity index (χ0v) is 14.2. The Bertz CT molecular complexity index is 426. The maximum absolute atomic E-state index is 6.27. The Kier molecular flexibility index (Phi) is 5.16. The van der Waals surface area contributed by atoms with Crippen molar-refractivity contribution >= 4 is 7.12 Å². The third-order valence-electron chi connectivity index (χ3n) is 4.93. The van der Waals surface area contributed by atoms with E-state index in [4.69, 9.17) is 9.31 Å². The molecule has 2 nitrogen and oxygen atoms in total. The van der Waals surface area contributed by atoms with Gasteiger partial charge >= 0.3 is 7.12 Å². The number of rotatable bonds is 6. The maximum atomic E-state index is 6.27. The summed E-state index contributed by atoms with van der Waals surface area (Å²) in [5, 5.41) is 0. The van der Waals surface area contributed by atoms with Crippen molar-refractivity contribution in [1.29, 1.82) is 0 Å². The van der Waals surface area contributed by atoms with Gasteiger partial charge in [-0.2, -0.15) is 0 Å². The zero-order valence-electron chi connectivity index (χ0n) is 14.2. The van der Waals surface area contributed by atoms with Gasteiger partial charge in [0.05, 0.1) is 11.2 Å². The quantitative estimate of drug-likeness (QED) is 0.694. The van der Waals surface area contributed by atoms with Crippen molar-refractivity contribution in [3.63, 3.8) is 0 Å². The predicted molar refractivity (Wildman–Crippen MR) is 89.5 cm³/mol. The van der Waals surface area contributed by atoms with E-state index in [2.05, 4.69) is 65.0 Å². The van der Waals surface area contributed by atoms with E-state index in [-0.39, 0.29) is 18.3 Å². The van der Waals surface area contributed by atoms with Gasteiger partial charge in [-0.25, -0.2) is 0 Å². The molecule has 0 aromatic heterocycles. The van der Waals surface area contributed by atoms with Crippen LogP contribution < -0.4 is 0 Å². The second-order valence-electron chi connectivity index (χ2n) is 7.22. The molecule has 0 radical (unpaired) electrons. The minimum Gasteiger partial charge on any atom is -0.403 e. The van der Waals surface area contributed by atoms with E-state index in [1.165, 1.54) is 18.4 Å². The molecule has 1 saturated heterocycles. The summed E-state index contributed by atoms with van der Waals surface area (Å²) in [5.74, 6) is 0.424. The number of unbranched alkanes of at least 4 members (excludes halogenated alkanes) is 1. The topological polar surface area (TPSA) is 18.5 Å². The van der Waals surface area contributed by atoms with Gasteiger partial charge in [-0.05, 0) is 45.5 Å². The molecular weight excluding hydrogens is 259 g/mol. The minimum atomic E-state index is -0.237. The fraction of sp³-hybridized carbons (Fsp3) is 0.667. The first-order chi connectivity index (χ1) is 9.86. The fourth-order valence-corrected chi connectivity index (χ4v) is 2.80. The molecule has 3 heteroatoms. The summed E-state index contributed by atoms with van der Waals surface area (Å²) in [6, 6.07) is 10.7. The second-order valence-corrected chi connectivity index (χ2v) is 7.22. The van der Waals surface area contributed by atoms with Crippen LogP contribution in [-0.4, -0.2) is 18.3 Å². The maximum Gasteiger partial charge on any atom is 0.461 e. The van der Waals surface area contributed by atoms with Gasteiger partial charge in [-0.1, -0.05) is 56.5 Å². The summed E-state index contributed by atoms with van der Waals surface area (Å²) < 4.78 is 12.5. The Hall–Kier alpha value is -0.795. The Morgan fingerprint density at radius 1 is 1.00 bits per heavy atom. The van der Waals surface area contributed by atoms with Crippen molar-refractivity contribution in [1.82, 2.24) is 0 Å². The van der Waals surface area contributed by atoms with Crippen molar-refractivity contribution in [3.05, 3.63) is 35.9 Å². The normalized spacial score (nSPS) is 21.5. The van der Waals surface area contributed by atoms with Crippen molar-refractivity contribution in [2.75, 3.05) is 0 Å². The average Bonchev–Trinajstić information content (AvgIpc) is 2.64. The minimum absolute atomic E-state index is 0.0956. The van der Waals surface area contributed by atoms with Gasteiger partial charge in [0.25, 0.3) is 0 Å². The van der Waals surface area contributed by atoms with Crippen molar-refractivity contribution in [2.24, 2.45) is 0 Å². The third kappa shape index (κ3) is 3.89. The van der Waals surface area contributed by atoms with Crippen LogP contribution in [0.25, 0.3) is 0 Å². The standard InChI is InChI=1S/C18H29BO2/c1-6-7-13-16(14-15-11-9-8-10-12-15)19-20-17(2,3)18(4,5)21-19/h8-12,16H,6-7,13-14H2,1-5H3. The van der Waals surface area contributed by atoms with Crippen LogP contribution in [0.5, 0.6) is 0 Å². The van der Waals surface area contributed by atoms with Crippen molar-refractivity contribution in [3.8, 4) is 0 Å². The van der Waals surface area contributed by atoms with Gasteiger partial charge in [-0.15, -0.1) is 0 Å². The molecule has 1 aliphatic rings. The van der Waals surface area contributed by atoms with Gasteiger partial charge in [-0.3, -0.25) is 0 Å². The van der Waals surface area contributed by atoms with Crippen LogP contribution in [0.3, 0.4) is 0 Å². The van der Waals surface area contributed by atoms with Crippen LogP contribution in [0.15, 0.2) is 30.3 Å². The third-order valence-corrected chi connectivity index (χ3v) is 4.93. The molecule has 1 aliphatic heterocycles. The first-order valence-electron chi connectivity index (χ1n) is 8.25. The van der Waals surface area contributed by atoms with E-state index >= 15 is 0 Å². The molecule has 1 aromatic carbocycles. The first kappa shape index (κ1) is 16.6. The zero-order chi connectivity index (χ0) is 15.5. The van der Waals surface area contributed by atoms with Crippen LogP contribution in [0.1, 0.15) is 59.4 Å². The summed E-state index contributed by atoms with van der Waals surface area (Å²) in [7, 11) is -0.0956. The molecule has 0 spiro atoms. The van der Waals surface area contributed by atoms with Gasteiger partial charge in [0.1, 0.15) is 0 Å². The SMILES string of the molecule is CCCCC(Cc1ccccc1)B1OC(C)(C)C(C)(C)O1. The molecule has 1 aromatic rings. The number of hydrogen-bond donors (Lipinski definition) is 0. The van der Waals surface area contributed by atoms with Gasteiger partial charge in [0.15, 0.2) is 0 Å². The molecule has 1 unspecified atom stereocenters. The lowest BCUT2D eigenvalue weighted by Crippen LogP contribution is -2.41. The Morgan fingerprint density at radius 3 is 2.10 bits per heavy atom. The Labute approximate surface area is 130 Å². The average molecular weight is 288 g/mol. The Balaban J connectivity index is 2.10. The van der Waals surface area contributed by atoms with Crippen LogP contribution in [0, 0.1) is 0 Å². The molecule has 0 bridgehead atoms. The molecule has 0 aliphatic carbocycles. The lowest BCUT2D eigenvalue weighted by molar-refractivity contribution is 0.00578. The summed E-state index contributed by atoms with van der Waals surface area (Å²) in [5.41, 5.74) is 0.894. The lowest BCUT2D eigenvalue weighted by atomic mass is 9.66. The molecular formula is C18H29BO2. The fourth-order valence-electron chi connectivity index (χ4n) is 2.80. The monoisotopic (exact) mass is 288 g/mol. The van der Waals surface area contributed by atoms with E-state index < -0.39 is 0 Å². The van der Waals surface area contributed by atoms with Crippen LogP contribution in [0.2, 0.25) is 5.82 Å². The van der Waals surface area contributed by atoms with E-state index in [1.807, 2.05) is 0 Å². The molecule has 0 saturated carbocycles. The van der Waals surface area contributed by atoms with E-state index in [0.29, 0.717) is 5.82 Å².